The zero-order chi connectivity index (χ0) is 18.2. The average Bonchev–Trinajstić information content (AvgIpc) is 2.95. The quantitative estimate of drug-likeness (QED) is 0.445. The summed E-state index contributed by atoms with van der Waals surface area (Å²) in [6, 6.07) is 11.7. The molecule has 1 heterocycles. The van der Waals surface area contributed by atoms with Gasteiger partial charge >= 0.3 is 0 Å². The summed E-state index contributed by atoms with van der Waals surface area (Å²) >= 11 is 9.22. The first-order valence-corrected chi connectivity index (χ1v) is 9.98. The third kappa shape index (κ3) is 3.17. The Morgan fingerprint density at radius 2 is 1.84 bits per heavy atom. The Hall–Kier alpha value is -1.89. The fourth-order valence-corrected chi connectivity index (χ4v) is 5.16. The fraction of sp³-hybridized carbons (Fsp3) is 0.0556. The van der Waals surface area contributed by atoms with Crippen LogP contribution >= 0.6 is 27.5 Å². The molecule has 0 radical (unpaired) electrons. The van der Waals surface area contributed by atoms with E-state index >= 15 is 0 Å². The first kappa shape index (κ1) is 17.9. The summed E-state index contributed by atoms with van der Waals surface area (Å²) in [6.07, 6.45) is 1.87. The highest BCUT2D eigenvalue weighted by Crippen LogP contribution is 2.37. The van der Waals surface area contributed by atoms with Crippen LogP contribution in [0.4, 0.5) is 0 Å². The number of halogens is 2. The second kappa shape index (κ2) is 6.78. The maximum absolute atomic E-state index is 13.3. The van der Waals surface area contributed by atoms with Crippen LogP contribution in [0.3, 0.4) is 0 Å². The minimum atomic E-state index is -3.90. The van der Waals surface area contributed by atoms with Crippen LogP contribution in [0.25, 0.3) is 10.9 Å². The number of aromatic nitrogens is 1. The molecule has 0 amide bonds. The zero-order valence-electron chi connectivity index (χ0n) is 12.9. The summed E-state index contributed by atoms with van der Waals surface area (Å²) in [5.74, 6) is 0. The second-order valence-corrected chi connectivity index (χ2v) is 8.79. The van der Waals surface area contributed by atoms with Crippen molar-refractivity contribution in [2.75, 3.05) is 0 Å². The number of fused-ring (bicyclic) bond motifs is 1. The number of rotatable bonds is 5. The van der Waals surface area contributed by atoms with Gasteiger partial charge in [0.05, 0.1) is 5.69 Å². The van der Waals surface area contributed by atoms with Crippen LogP contribution in [0, 0.1) is 0 Å². The maximum atomic E-state index is 13.3. The molecule has 4 nitrogen and oxygen atoms in total. The van der Waals surface area contributed by atoms with Gasteiger partial charge in [-0.25, -0.2) is 8.42 Å². The Bertz CT molecular complexity index is 1070. The Morgan fingerprint density at radius 1 is 1.16 bits per heavy atom. The molecule has 0 aliphatic carbocycles. The molecule has 0 spiro atoms. The minimum absolute atomic E-state index is 0.0221. The summed E-state index contributed by atoms with van der Waals surface area (Å²) in [5, 5.41) is -0.0349. The number of benzene rings is 2. The lowest BCUT2D eigenvalue weighted by Crippen LogP contribution is -2.13. The van der Waals surface area contributed by atoms with E-state index < -0.39 is 15.1 Å². The highest BCUT2D eigenvalue weighted by atomic mass is 79.9. The van der Waals surface area contributed by atoms with E-state index in [1.165, 1.54) is 6.08 Å². The summed E-state index contributed by atoms with van der Waals surface area (Å²) < 4.78 is 27.4. The molecule has 7 heteroatoms. The van der Waals surface area contributed by atoms with Gasteiger partial charge in [0.2, 0.25) is 0 Å². The molecule has 0 bridgehead atoms. The number of sulfone groups is 1. The van der Waals surface area contributed by atoms with Gasteiger partial charge in [-0.2, -0.15) is 0 Å². The molecule has 2 aromatic carbocycles. The van der Waals surface area contributed by atoms with Crippen molar-refractivity contribution in [2.45, 2.75) is 10.1 Å². The molecule has 128 valence electrons. The molecule has 1 unspecified atom stereocenters. The predicted octanol–water partition coefficient (Wildman–Crippen LogP) is 5.10. The molecule has 0 aliphatic heterocycles. The normalized spacial score (nSPS) is 12.9. The third-order valence-electron chi connectivity index (χ3n) is 3.89. The molecular weight excluding hydrogens is 426 g/mol. The number of nitrogens with one attached hydrogen (secondary N) is 1. The molecule has 3 rings (SSSR count). The lowest BCUT2D eigenvalue weighted by molar-refractivity contribution is 0.111. The molecule has 25 heavy (non-hydrogen) atoms. The molecule has 1 N–H and O–H groups in total. The summed E-state index contributed by atoms with van der Waals surface area (Å²) in [5.41, 5.74) is 1.12. The van der Waals surface area contributed by atoms with Crippen molar-refractivity contribution in [3.63, 3.8) is 0 Å². The van der Waals surface area contributed by atoms with Gasteiger partial charge in [-0.05, 0) is 35.9 Å². The van der Waals surface area contributed by atoms with Crippen molar-refractivity contribution in [1.82, 2.24) is 4.98 Å². The largest absolute Gasteiger partial charge is 0.351 e. The monoisotopic (exact) mass is 437 g/mol. The number of hydrogen-bond acceptors (Lipinski definition) is 3. The van der Waals surface area contributed by atoms with Gasteiger partial charge in [-0.3, -0.25) is 4.79 Å². The second-order valence-electron chi connectivity index (χ2n) is 5.43. The van der Waals surface area contributed by atoms with Gasteiger partial charge in [0.1, 0.15) is 10.1 Å². The molecular formula is C18H13BrClNO3S. The molecule has 1 aromatic heterocycles. The summed E-state index contributed by atoms with van der Waals surface area (Å²) in [6.45, 7) is 3.67. The highest BCUT2D eigenvalue weighted by Gasteiger charge is 2.32. The number of carbonyl (C=O) groups excluding carboxylic acids is 1. The Morgan fingerprint density at radius 3 is 2.44 bits per heavy atom. The summed E-state index contributed by atoms with van der Waals surface area (Å²) in [4.78, 5) is 14.3. The highest BCUT2D eigenvalue weighted by molar-refractivity contribution is 9.10. The number of H-pyrrole nitrogens is 1. The van der Waals surface area contributed by atoms with Gasteiger partial charge in [0.25, 0.3) is 0 Å². The average molecular weight is 439 g/mol. The molecule has 0 fully saturated rings. The Labute approximate surface area is 158 Å². The minimum Gasteiger partial charge on any atom is -0.351 e. The van der Waals surface area contributed by atoms with Crippen LogP contribution in [0.2, 0.25) is 5.02 Å². The van der Waals surface area contributed by atoms with Crippen molar-refractivity contribution in [3.05, 3.63) is 75.9 Å². The van der Waals surface area contributed by atoms with Crippen LogP contribution in [-0.4, -0.2) is 19.7 Å². The van der Waals surface area contributed by atoms with Crippen molar-refractivity contribution >= 4 is 54.6 Å². The van der Waals surface area contributed by atoms with Crippen molar-refractivity contribution in [3.8, 4) is 0 Å². The van der Waals surface area contributed by atoms with Crippen LogP contribution in [0.15, 0.2) is 64.5 Å². The first-order chi connectivity index (χ1) is 11.9. The predicted molar refractivity (Wildman–Crippen MR) is 103 cm³/mol. The van der Waals surface area contributed by atoms with Gasteiger partial charge in [0.15, 0.2) is 16.1 Å². The maximum Gasteiger partial charge on any atom is 0.191 e. The Kier molecular flexibility index (Phi) is 4.86. The molecule has 3 aromatic rings. The Balaban J connectivity index is 2.27. The van der Waals surface area contributed by atoms with E-state index in [-0.39, 0.29) is 10.6 Å². The number of aromatic amines is 1. The van der Waals surface area contributed by atoms with E-state index in [0.29, 0.717) is 27.8 Å². The standard InChI is InChI=1S/C18H13BrClNO3S/c1-2-17(11-3-6-13(20)7-4-11)25(23,24)18-14-9-12(19)5-8-15(14)21-16(18)10-22/h2-10,17,21H,1H2. The van der Waals surface area contributed by atoms with Crippen molar-refractivity contribution < 1.29 is 13.2 Å². The number of aldehydes is 1. The zero-order valence-corrected chi connectivity index (χ0v) is 16.0. The molecule has 1 atom stereocenters. The summed E-state index contributed by atoms with van der Waals surface area (Å²) in [7, 11) is -3.90. The van der Waals surface area contributed by atoms with E-state index in [4.69, 9.17) is 11.6 Å². The van der Waals surface area contributed by atoms with Crippen molar-refractivity contribution in [1.29, 1.82) is 0 Å². The first-order valence-electron chi connectivity index (χ1n) is 7.27. The molecule has 0 aliphatic rings. The van der Waals surface area contributed by atoms with Crippen LogP contribution in [0.1, 0.15) is 21.3 Å². The number of carbonyl (C=O) groups is 1. The van der Waals surface area contributed by atoms with E-state index in [1.807, 2.05) is 0 Å². The van der Waals surface area contributed by atoms with Gasteiger partial charge in [-0.15, -0.1) is 6.58 Å². The van der Waals surface area contributed by atoms with Crippen LogP contribution in [-0.2, 0) is 9.84 Å². The lowest BCUT2D eigenvalue weighted by atomic mass is 10.1. The van der Waals surface area contributed by atoms with Gasteiger partial charge in [0, 0.05) is 20.4 Å². The molecule has 0 saturated heterocycles. The van der Waals surface area contributed by atoms with Crippen molar-refractivity contribution in [2.24, 2.45) is 0 Å². The van der Waals surface area contributed by atoms with Crippen LogP contribution < -0.4 is 0 Å². The van der Waals surface area contributed by atoms with E-state index in [2.05, 4.69) is 27.5 Å². The number of hydrogen-bond donors (Lipinski definition) is 1. The molecule has 0 saturated carbocycles. The van der Waals surface area contributed by atoms with Gasteiger partial charge < -0.3 is 4.98 Å². The van der Waals surface area contributed by atoms with Crippen LogP contribution in [0.5, 0.6) is 0 Å². The van der Waals surface area contributed by atoms with E-state index in [1.54, 1.807) is 42.5 Å². The smallest absolute Gasteiger partial charge is 0.191 e. The topological polar surface area (TPSA) is 67.0 Å². The van der Waals surface area contributed by atoms with E-state index in [9.17, 15) is 13.2 Å². The third-order valence-corrected chi connectivity index (χ3v) is 6.78. The lowest BCUT2D eigenvalue weighted by Gasteiger charge is -2.14. The SMILES string of the molecule is C=CC(c1ccc(Cl)cc1)S(=O)(=O)c1c(C=O)[nH]c2ccc(Br)cc12. The fourth-order valence-electron chi connectivity index (χ4n) is 2.77. The van der Waals surface area contributed by atoms with E-state index in [0.717, 1.165) is 4.47 Å². The van der Waals surface area contributed by atoms with Gasteiger partial charge in [-0.1, -0.05) is 45.7 Å².